The van der Waals surface area contributed by atoms with Crippen LogP contribution in [0.3, 0.4) is 0 Å². The molecule has 2 bridgehead atoms. The van der Waals surface area contributed by atoms with Crippen LogP contribution in [0.2, 0.25) is 0 Å². The van der Waals surface area contributed by atoms with Crippen molar-refractivity contribution in [2.75, 3.05) is 37.7 Å². The summed E-state index contributed by atoms with van der Waals surface area (Å²) in [4.78, 5) is 9.01. The predicted octanol–water partition coefficient (Wildman–Crippen LogP) is 5.65. The van der Waals surface area contributed by atoms with Crippen LogP contribution in [0.1, 0.15) is 43.2 Å². The number of rotatable bonds is 5. The van der Waals surface area contributed by atoms with E-state index in [2.05, 4.69) is 27.1 Å². The van der Waals surface area contributed by atoms with E-state index >= 15 is 4.39 Å². The molecule has 8 rings (SSSR count). The summed E-state index contributed by atoms with van der Waals surface area (Å²) in [5.41, 5.74) is 1.77. The van der Waals surface area contributed by atoms with Gasteiger partial charge in [-0.25, -0.2) is 13.8 Å². The number of nitrogens with zero attached hydrogens (tertiary/aromatic N) is 4. The van der Waals surface area contributed by atoms with E-state index in [0.717, 1.165) is 32.2 Å². The van der Waals surface area contributed by atoms with Crippen molar-refractivity contribution in [3.05, 3.63) is 59.4 Å². The van der Waals surface area contributed by atoms with E-state index < -0.39 is 17.5 Å². The van der Waals surface area contributed by atoms with E-state index in [1.807, 2.05) is 6.07 Å². The van der Waals surface area contributed by atoms with Crippen LogP contribution in [0.25, 0.3) is 32.8 Å². The molecule has 4 aromatic rings. The van der Waals surface area contributed by atoms with Gasteiger partial charge in [0.2, 0.25) is 5.88 Å². The molecule has 1 aromatic heterocycles. The normalized spacial score (nSPS) is 25.9. The minimum Gasteiger partial charge on any atom is -0.508 e. The van der Waals surface area contributed by atoms with Gasteiger partial charge in [-0.05, 0) is 67.4 Å². The fourth-order valence-electron chi connectivity index (χ4n) is 8.38. The SMILES string of the molecule is C#Cc1cccc2cc(O)cc(-c3ccc4c(N5C[C@H]6CC[C@@H](C5)N6)c(C#N)c(OC[C@@]56CCCN5C[C@H](F)C6)nc4c3F)c12. The first-order valence-corrected chi connectivity index (χ1v) is 15.7. The van der Waals surface area contributed by atoms with Crippen molar-refractivity contribution in [2.45, 2.75) is 55.9 Å². The number of terminal acetylenes is 1. The number of benzene rings is 3. The van der Waals surface area contributed by atoms with Crippen LogP contribution in [-0.2, 0) is 0 Å². The number of phenolic OH excluding ortho intramolecular Hbond substituents is 1. The number of hydrogen-bond donors (Lipinski definition) is 2. The molecule has 0 radical (unpaired) electrons. The van der Waals surface area contributed by atoms with Gasteiger partial charge in [0.15, 0.2) is 5.82 Å². The molecule has 228 valence electrons. The number of aromatic nitrogens is 1. The molecule has 4 atom stereocenters. The Hall–Kier alpha value is -4.44. The van der Waals surface area contributed by atoms with Gasteiger partial charge < -0.3 is 20.1 Å². The molecule has 45 heavy (non-hydrogen) atoms. The third-order valence-electron chi connectivity index (χ3n) is 10.3. The smallest absolute Gasteiger partial charge is 0.234 e. The molecule has 4 fully saturated rings. The average Bonchev–Trinajstić information content (AvgIpc) is 3.68. The zero-order valence-corrected chi connectivity index (χ0v) is 24.8. The fourth-order valence-corrected chi connectivity index (χ4v) is 8.38. The largest absolute Gasteiger partial charge is 0.508 e. The zero-order chi connectivity index (χ0) is 30.9. The number of nitrogens with one attached hydrogen (secondary N) is 1. The van der Waals surface area contributed by atoms with Crippen LogP contribution in [0.5, 0.6) is 11.6 Å². The molecule has 0 saturated carbocycles. The van der Waals surface area contributed by atoms with Gasteiger partial charge in [0, 0.05) is 60.0 Å². The number of pyridine rings is 1. The summed E-state index contributed by atoms with van der Waals surface area (Å²) < 4.78 is 37.9. The van der Waals surface area contributed by atoms with Crippen LogP contribution >= 0.6 is 0 Å². The second kappa shape index (κ2) is 10.6. The highest BCUT2D eigenvalue weighted by Gasteiger charge is 2.49. The summed E-state index contributed by atoms with van der Waals surface area (Å²) in [5.74, 6) is 2.15. The minimum absolute atomic E-state index is 0.0111. The first kappa shape index (κ1) is 28.1. The highest BCUT2D eigenvalue weighted by Crippen LogP contribution is 2.44. The maximum absolute atomic E-state index is 17.0. The van der Waals surface area contributed by atoms with Gasteiger partial charge in [-0.15, -0.1) is 6.42 Å². The highest BCUT2D eigenvalue weighted by molar-refractivity contribution is 6.05. The first-order chi connectivity index (χ1) is 21.9. The van der Waals surface area contributed by atoms with Crippen molar-refractivity contribution in [3.63, 3.8) is 0 Å². The zero-order valence-electron chi connectivity index (χ0n) is 24.8. The quantitative estimate of drug-likeness (QED) is 0.285. The van der Waals surface area contributed by atoms with E-state index in [4.69, 9.17) is 16.1 Å². The van der Waals surface area contributed by atoms with Crippen molar-refractivity contribution in [2.24, 2.45) is 0 Å². The van der Waals surface area contributed by atoms with Crippen molar-refractivity contribution >= 4 is 27.4 Å². The third-order valence-corrected chi connectivity index (χ3v) is 10.3. The number of anilines is 1. The van der Waals surface area contributed by atoms with E-state index in [1.165, 1.54) is 6.07 Å². The Labute approximate surface area is 260 Å². The molecule has 0 amide bonds. The summed E-state index contributed by atoms with van der Waals surface area (Å²) in [5, 5.41) is 26.6. The standard InChI is InChI=1S/C36H33F2N5O2/c1-2-21-5-3-6-22-13-26(44)14-29(31(21)22)27-9-10-28-33(32(27)38)41-35(45-20-36-11-4-12-43(36)17-23(37)15-36)30(16-39)34(28)42-18-24-7-8-25(19-42)40-24/h1,3,5-6,9-10,13-14,23-25,40,44H,4,7-8,11-12,15,17-20H2/t23-,24-,25+,36+/m1/s1. The van der Waals surface area contributed by atoms with Gasteiger partial charge in [-0.2, -0.15) is 5.26 Å². The Balaban J connectivity index is 1.32. The molecule has 4 saturated heterocycles. The molecule has 4 aliphatic rings. The molecular formula is C36H33F2N5O2. The lowest BCUT2D eigenvalue weighted by molar-refractivity contribution is 0.110. The van der Waals surface area contributed by atoms with Gasteiger partial charge in [0.25, 0.3) is 0 Å². The molecule has 7 nitrogen and oxygen atoms in total. The first-order valence-electron chi connectivity index (χ1n) is 15.7. The van der Waals surface area contributed by atoms with Gasteiger partial charge in [0.1, 0.15) is 35.7 Å². The number of aromatic hydroxyl groups is 1. The van der Waals surface area contributed by atoms with Crippen molar-refractivity contribution in [1.82, 2.24) is 15.2 Å². The maximum Gasteiger partial charge on any atom is 0.234 e. The molecule has 0 unspecified atom stereocenters. The lowest BCUT2D eigenvalue weighted by Gasteiger charge is -2.36. The number of fused-ring (bicyclic) bond motifs is 5. The molecular weight excluding hydrogens is 572 g/mol. The molecule has 0 aliphatic carbocycles. The minimum atomic E-state index is -0.925. The highest BCUT2D eigenvalue weighted by atomic mass is 19.1. The molecule has 4 aliphatic heterocycles. The number of phenols is 1. The summed E-state index contributed by atoms with van der Waals surface area (Å²) >= 11 is 0. The van der Waals surface area contributed by atoms with E-state index in [-0.39, 0.29) is 47.0 Å². The number of ether oxygens (including phenoxy) is 1. The topological polar surface area (TPSA) is 84.6 Å². The molecule has 5 heterocycles. The van der Waals surface area contributed by atoms with Crippen LogP contribution in [-0.4, -0.2) is 71.6 Å². The van der Waals surface area contributed by atoms with Gasteiger partial charge in [0.05, 0.1) is 11.2 Å². The van der Waals surface area contributed by atoms with Crippen LogP contribution in [0, 0.1) is 29.5 Å². The van der Waals surface area contributed by atoms with Crippen LogP contribution in [0.15, 0.2) is 42.5 Å². The second-order valence-corrected chi connectivity index (χ2v) is 13.0. The number of nitriles is 1. The number of halogens is 2. The lowest BCUT2D eigenvalue weighted by atomic mass is 9.92. The molecule has 9 heteroatoms. The Morgan fingerprint density at radius 1 is 1.13 bits per heavy atom. The van der Waals surface area contributed by atoms with E-state index in [0.29, 0.717) is 59.0 Å². The van der Waals surface area contributed by atoms with Crippen LogP contribution < -0.4 is 15.0 Å². The van der Waals surface area contributed by atoms with Crippen molar-refractivity contribution in [3.8, 4) is 41.2 Å². The third kappa shape index (κ3) is 4.48. The Morgan fingerprint density at radius 3 is 2.73 bits per heavy atom. The average molecular weight is 606 g/mol. The van der Waals surface area contributed by atoms with Gasteiger partial charge >= 0.3 is 0 Å². The van der Waals surface area contributed by atoms with E-state index in [1.54, 1.807) is 30.3 Å². The molecule has 2 N–H and O–H groups in total. The summed E-state index contributed by atoms with van der Waals surface area (Å²) in [6, 6.07) is 14.9. The Morgan fingerprint density at radius 2 is 1.96 bits per heavy atom. The lowest BCUT2D eigenvalue weighted by Crippen LogP contribution is -2.51. The van der Waals surface area contributed by atoms with E-state index in [9.17, 15) is 14.8 Å². The number of alkyl halides is 1. The maximum atomic E-state index is 17.0. The van der Waals surface area contributed by atoms with Crippen LogP contribution in [0.4, 0.5) is 14.5 Å². The second-order valence-electron chi connectivity index (χ2n) is 13.0. The summed E-state index contributed by atoms with van der Waals surface area (Å²) in [7, 11) is 0. The summed E-state index contributed by atoms with van der Waals surface area (Å²) in [6.45, 7) is 2.72. The monoisotopic (exact) mass is 605 g/mol. The van der Waals surface area contributed by atoms with Crippen molar-refractivity contribution < 1.29 is 18.6 Å². The molecule has 0 spiro atoms. The predicted molar refractivity (Wildman–Crippen MR) is 170 cm³/mol. The number of piperazine rings is 1. The summed E-state index contributed by atoms with van der Waals surface area (Å²) in [6.07, 6.45) is 9.12. The van der Waals surface area contributed by atoms with Crippen molar-refractivity contribution in [1.29, 1.82) is 5.26 Å². The van der Waals surface area contributed by atoms with Gasteiger partial charge in [-0.3, -0.25) is 4.90 Å². The fraction of sp³-hybridized carbons (Fsp3) is 0.389. The number of hydrogen-bond acceptors (Lipinski definition) is 7. The Bertz CT molecular complexity index is 1940. The molecule has 3 aromatic carbocycles. The van der Waals surface area contributed by atoms with Gasteiger partial charge in [-0.1, -0.05) is 24.1 Å². The Kier molecular flexibility index (Phi) is 6.60.